The highest BCUT2D eigenvalue weighted by Gasteiger charge is 2.35. The molecule has 0 saturated carbocycles. The van der Waals surface area contributed by atoms with Crippen LogP contribution in [-0.4, -0.2) is 5.92 Å². The van der Waals surface area contributed by atoms with E-state index >= 15 is 0 Å². The Labute approximate surface area is 101 Å². The minimum Gasteiger partial charge on any atom is -0.207 e. The first-order valence-electron chi connectivity index (χ1n) is 3.90. The molecule has 0 aliphatic rings. The van der Waals surface area contributed by atoms with E-state index in [-0.39, 0.29) is 4.47 Å². The average molecular weight is 350 g/mol. The Bertz CT molecular complexity index is 373. The second-order valence-corrected chi connectivity index (χ2v) is 4.88. The van der Waals surface area contributed by atoms with Gasteiger partial charge in [-0.1, -0.05) is 15.9 Å². The molecule has 0 heterocycles. The maximum atomic E-state index is 13.3. The molecule has 0 amide bonds. The van der Waals surface area contributed by atoms with E-state index in [4.69, 9.17) is 0 Å². The van der Waals surface area contributed by atoms with Crippen molar-refractivity contribution >= 4 is 31.9 Å². The van der Waals surface area contributed by atoms with Crippen molar-refractivity contribution in [2.24, 2.45) is 0 Å². The Morgan fingerprint density at radius 3 is 2.20 bits per heavy atom. The molecular weight excluding hydrogens is 344 g/mol. The summed E-state index contributed by atoms with van der Waals surface area (Å²) in [6, 6.07) is 1.57. The fraction of sp³-hybridized carbons (Fsp3) is 0.333. The van der Waals surface area contributed by atoms with Crippen molar-refractivity contribution in [1.29, 1.82) is 0 Å². The highest BCUT2D eigenvalue weighted by molar-refractivity contribution is 9.10. The molecule has 0 aliphatic heterocycles. The van der Waals surface area contributed by atoms with E-state index in [9.17, 15) is 17.6 Å². The monoisotopic (exact) mass is 348 g/mol. The molecule has 1 rings (SSSR count). The normalized spacial score (nSPS) is 14.1. The van der Waals surface area contributed by atoms with Crippen LogP contribution in [0.5, 0.6) is 0 Å². The van der Waals surface area contributed by atoms with Gasteiger partial charge in [-0.15, -0.1) is 0 Å². The lowest BCUT2D eigenvalue weighted by Crippen LogP contribution is -2.18. The zero-order valence-electron chi connectivity index (χ0n) is 7.50. The van der Waals surface area contributed by atoms with E-state index in [1.165, 1.54) is 0 Å². The summed E-state index contributed by atoms with van der Waals surface area (Å²) in [4.78, 5) is -1.55. The van der Waals surface area contributed by atoms with Crippen molar-refractivity contribution in [3.63, 3.8) is 0 Å². The molecule has 15 heavy (non-hydrogen) atoms. The van der Waals surface area contributed by atoms with Gasteiger partial charge in [0.2, 0.25) is 0 Å². The molecule has 0 aromatic heterocycles. The molecule has 1 aromatic rings. The van der Waals surface area contributed by atoms with Gasteiger partial charge in [0.1, 0.15) is 16.5 Å². The fourth-order valence-corrected chi connectivity index (χ4v) is 1.67. The zero-order valence-corrected chi connectivity index (χ0v) is 10.7. The third-order valence-corrected chi connectivity index (χ3v) is 3.66. The van der Waals surface area contributed by atoms with Gasteiger partial charge in [-0.05, 0) is 28.1 Å². The second-order valence-electron chi connectivity index (χ2n) is 3.11. The first-order chi connectivity index (χ1) is 6.73. The smallest absolute Gasteiger partial charge is 0.207 e. The maximum Gasteiger partial charge on any atom is 0.261 e. The van der Waals surface area contributed by atoms with Gasteiger partial charge < -0.3 is 0 Å². The minimum atomic E-state index is -3.17. The molecule has 0 nitrogen and oxygen atoms in total. The zero-order chi connectivity index (χ0) is 11.8. The van der Waals surface area contributed by atoms with E-state index < -0.39 is 27.9 Å². The quantitative estimate of drug-likeness (QED) is 0.408. The predicted molar refractivity (Wildman–Crippen MR) is 56.3 cm³/mol. The highest BCUT2D eigenvalue weighted by atomic mass is 79.9. The molecule has 1 aromatic carbocycles. The van der Waals surface area contributed by atoms with E-state index in [0.717, 1.165) is 12.1 Å². The molecule has 0 fully saturated rings. The molecule has 6 heteroatoms. The van der Waals surface area contributed by atoms with E-state index in [1.54, 1.807) is 0 Å². The molecule has 0 N–H and O–H groups in total. The third kappa shape index (κ3) is 2.93. The van der Waals surface area contributed by atoms with E-state index in [0.29, 0.717) is 6.92 Å². The van der Waals surface area contributed by atoms with Crippen LogP contribution in [0.15, 0.2) is 16.6 Å². The molecule has 1 atom stereocenters. The topological polar surface area (TPSA) is 0 Å². The van der Waals surface area contributed by atoms with Crippen molar-refractivity contribution in [3.8, 4) is 0 Å². The van der Waals surface area contributed by atoms with Crippen molar-refractivity contribution in [2.45, 2.75) is 17.7 Å². The van der Waals surface area contributed by atoms with Crippen molar-refractivity contribution in [2.75, 3.05) is 0 Å². The summed E-state index contributed by atoms with van der Waals surface area (Å²) in [5.41, 5.74) is -0.400. The number of alkyl halides is 3. The summed E-state index contributed by atoms with van der Waals surface area (Å²) in [5, 5.41) is 0. The van der Waals surface area contributed by atoms with Crippen LogP contribution in [0, 0.1) is 11.6 Å². The van der Waals surface area contributed by atoms with Crippen LogP contribution < -0.4 is 0 Å². The van der Waals surface area contributed by atoms with Gasteiger partial charge in [0.05, 0.1) is 4.47 Å². The van der Waals surface area contributed by atoms with Crippen LogP contribution in [0.4, 0.5) is 17.6 Å². The highest BCUT2D eigenvalue weighted by Crippen LogP contribution is 2.40. The van der Waals surface area contributed by atoms with Gasteiger partial charge in [0.25, 0.3) is 5.92 Å². The Hall–Kier alpha value is -0.100. The summed E-state index contributed by atoms with van der Waals surface area (Å²) < 4.78 is 51.9. The molecular formula is C9H6Br2F4. The summed E-state index contributed by atoms with van der Waals surface area (Å²) in [7, 11) is 0. The molecule has 0 saturated heterocycles. The second kappa shape index (κ2) is 4.41. The van der Waals surface area contributed by atoms with E-state index in [2.05, 4.69) is 31.9 Å². The standard InChI is InChI=1S/C9H6Br2F4/c1-9(14,15)8(11)4-2-7(13)5(10)3-6(4)12/h2-3,8H,1H3. The van der Waals surface area contributed by atoms with Gasteiger partial charge in [-0.3, -0.25) is 0 Å². The fourth-order valence-electron chi connectivity index (χ4n) is 1.01. The maximum absolute atomic E-state index is 13.3. The summed E-state index contributed by atoms with van der Waals surface area (Å²) in [5.74, 6) is -4.83. The largest absolute Gasteiger partial charge is 0.261 e. The molecule has 0 radical (unpaired) electrons. The van der Waals surface area contributed by atoms with Crippen LogP contribution in [0.3, 0.4) is 0 Å². The summed E-state index contributed by atoms with van der Waals surface area (Å²) in [6.07, 6.45) is 0. The van der Waals surface area contributed by atoms with Crippen LogP contribution in [-0.2, 0) is 0 Å². The van der Waals surface area contributed by atoms with Gasteiger partial charge in [-0.25, -0.2) is 17.6 Å². The minimum absolute atomic E-state index is 0.0946. The molecule has 1 unspecified atom stereocenters. The first kappa shape index (κ1) is 13.0. The summed E-state index contributed by atoms with van der Waals surface area (Å²) in [6.45, 7) is 0.631. The lowest BCUT2D eigenvalue weighted by Gasteiger charge is -2.18. The van der Waals surface area contributed by atoms with Crippen LogP contribution >= 0.6 is 31.9 Å². The number of halogens is 6. The Kier molecular flexibility index (Phi) is 3.81. The number of benzene rings is 1. The molecule has 0 aliphatic carbocycles. The van der Waals surface area contributed by atoms with Gasteiger partial charge in [0.15, 0.2) is 0 Å². The number of hydrogen-bond acceptors (Lipinski definition) is 0. The van der Waals surface area contributed by atoms with Crippen molar-refractivity contribution < 1.29 is 17.6 Å². The Morgan fingerprint density at radius 1 is 1.20 bits per heavy atom. The molecule has 0 spiro atoms. The molecule has 0 bridgehead atoms. The lowest BCUT2D eigenvalue weighted by molar-refractivity contribution is 0.0203. The number of rotatable bonds is 2. The first-order valence-corrected chi connectivity index (χ1v) is 5.60. The van der Waals surface area contributed by atoms with Gasteiger partial charge >= 0.3 is 0 Å². The van der Waals surface area contributed by atoms with Crippen molar-refractivity contribution in [1.82, 2.24) is 0 Å². The van der Waals surface area contributed by atoms with Gasteiger partial charge in [-0.2, -0.15) is 0 Å². The van der Waals surface area contributed by atoms with Crippen LogP contribution in [0.2, 0.25) is 0 Å². The number of hydrogen-bond donors (Lipinski definition) is 0. The Morgan fingerprint density at radius 2 is 1.73 bits per heavy atom. The average Bonchev–Trinajstić information content (AvgIpc) is 2.08. The van der Waals surface area contributed by atoms with Crippen LogP contribution in [0.1, 0.15) is 17.3 Å². The van der Waals surface area contributed by atoms with Crippen molar-refractivity contribution in [3.05, 3.63) is 33.8 Å². The predicted octanol–water partition coefficient (Wildman–Crippen LogP) is 4.82. The molecule has 84 valence electrons. The van der Waals surface area contributed by atoms with E-state index in [1.807, 2.05) is 0 Å². The Balaban J connectivity index is 3.21. The SMILES string of the molecule is CC(F)(F)C(Br)c1cc(F)c(Br)cc1F. The van der Waals surface area contributed by atoms with Gasteiger partial charge in [0, 0.05) is 12.5 Å². The summed E-state index contributed by atoms with van der Waals surface area (Å²) >= 11 is 5.41. The third-order valence-electron chi connectivity index (χ3n) is 1.76. The van der Waals surface area contributed by atoms with Crippen LogP contribution in [0.25, 0.3) is 0 Å². The lowest BCUT2D eigenvalue weighted by atomic mass is 10.1.